The van der Waals surface area contributed by atoms with Gasteiger partial charge in [-0.05, 0) is 62.7 Å². The minimum atomic E-state index is -1.66. The van der Waals surface area contributed by atoms with Crippen LogP contribution in [-0.2, 0) is 19.1 Å². The molecule has 0 aromatic rings. The van der Waals surface area contributed by atoms with Gasteiger partial charge >= 0.3 is 5.97 Å². The van der Waals surface area contributed by atoms with Gasteiger partial charge in [0, 0.05) is 25.7 Å². The monoisotopic (exact) mass is 432 g/mol. The maximum atomic E-state index is 12.3. The molecule has 174 valence electrons. The maximum absolute atomic E-state index is 12.3. The van der Waals surface area contributed by atoms with Crippen LogP contribution >= 0.6 is 0 Å². The van der Waals surface area contributed by atoms with Crippen molar-refractivity contribution in [2.75, 3.05) is 0 Å². The fourth-order valence-corrected chi connectivity index (χ4v) is 4.85. The summed E-state index contributed by atoms with van der Waals surface area (Å²) in [7, 11) is 0. The van der Waals surface area contributed by atoms with E-state index in [0.717, 1.165) is 26.2 Å². The van der Waals surface area contributed by atoms with E-state index in [4.69, 9.17) is 0 Å². The molecule has 0 heterocycles. The van der Waals surface area contributed by atoms with Crippen molar-refractivity contribution < 1.29 is 24.2 Å². The molecule has 0 bridgehead atoms. The number of hydrogen-bond donors (Lipinski definition) is 1. The van der Waals surface area contributed by atoms with Crippen molar-refractivity contribution in [1.29, 1.82) is 0 Å². The molecule has 1 unspecified atom stereocenters. The normalized spacial score (nSPS) is 23.9. The quantitative estimate of drug-likeness (QED) is 0.171. The molecule has 5 heteroatoms. The summed E-state index contributed by atoms with van der Waals surface area (Å²) in [5, 5.41) is 9.42. The molecule has 3 atom stereocenters. The number of rotatable bonds is 14. The molecule has 0 aromatic heterocycles. The van der Waals surface area contributed by atoms with E-state index in [9.17, 15) is 19.5 Å². The number of aliphatic hydroxyl groups is 1. The van der Waals surface area contributed by atoms with Crippen molar-refractivity contribution in [3.8, 4) is 0 Å². The van der Waals surface area contributed by atoms with Crippen LogP contribution in [0, 0.1) is 17.3 Å². The van der Waals surface area contributed by atoms with Crippen LogP contribution in [0.15, 0.2) is 24.3 Å². The van der Waals surface area contributed by atoms with Crippen LogP contribution in [0.2, 0.25) is 0 Å². The number of ketones is 2. The zero-order chi connectivity index (χ0) is 22.7. The van der Waals surface area contributed by atoms with E-state index >= 15 is 0 Å². The Morgan fingerprint density at radius 1 is 1.23 bits per heavy atom. The summed E-state index contributed by atoms with van der Waals surface area (Å²) in [6.45, 7) is 3.42. The second-order valence-electron chi connectivity index (χ2n) is 9.39. The average molecular weight is 433 g/mol. The number of unbranched alkanes of at least 4 members (excludes halogenated alkanes) is 2. The third kappa shape index (κ3) is 8.36. The smallest absolute Gasteiger partial charge is 0.305 e. The first kappa shape index (κ1) is 25.5. The Bertz CT molecular complexity index is 659. The number of esters is 1. The highest BCUT2D eigenvalue weighted by Crippen LogP contribution is 2.48. The molecule has 0 saturated heterocycles. The molecule has 0 aromatic carbocycles. The van der Waals surface area contributed by atoms with Crippen LogP contribution in [0.3, 0.4) is 0 Å². The van der Waals surface area contributed by atoms with E-state index in [-0.39, 0.29) is 12.3 Å². The van der Waals surface area contributed by atoms with Crippen LogP contribution in [0.1, 0.15) is 97.3 Å². The SMILES string of the molecule is CCCCC1(CC=C[C@H]2CCC(=O)[C@@H]2CC=CCCCC(=O)C(O)OC(C)=O)CCC1. The number of ether oxygens (including phenoxy) is 1. The van der Waals surface area contributed by atoms with Crippen molar-refractivity contribution in [3.05, 3.63) is 24.3 Å². The van der Waals surface area contributed by atoms with E-state index in [0.29, 0.717) is 36.4 Å². The molecule has 2 fully saturated rings. The van der Waals surface area contributed by atoms with Gasteiger partial charge in [-0.3, -0.25) is 14.4 Å². The summed E-state index contributed by atoms with van der Waals surface area (Å²) >= 11 is 0. The van der Waals surface area contributed by atoms with Gasteiger partial charge in [0.05, 0.1) is 0 Å². The number of carbonyl (C=O) groups is 3. The maximum Gasteiger partial charge on any atom is 0.305 e. The lowest BCUT2D eigenvalue weighted by molar-refractivity contribution is -0.173. The zero-order valence-corrected chi connectivity index (χ0v) is 19.3. The van der Waals surface area contributed by atoms with Gasteiger partial charge in [-0.15, -0.1) is 0 Å². The summed E-state index contributed by atoms with van der Waals surface area (Å²) in [4.78, 5) is 34.8. The van der Waals surface area contributed by atoms with Gasteiger partial charge in [0.1, 0.15) is 5.78 Å². The molecule has 31 heavy (non-hydrogen) atoms. The molecule has 2 aliphatic rings. The lowest BCUT2D eigenvalue weighted by Crippen LogP contribution is -2.28. The molecule has 2 rings (SSSR count). The van der Waals surface area contributed by atoms with Gasteiger partial charge in [0.15, 0.2) is 0 Å². The topological polar surface area (TPSA) is 80.7 Å². The van der Waals surface area contributed by atoms with E-state index in [2.05, 4.69) is 29.9 Å². The molecule has 5 nitrogen and oxygen atoms in total. The Balaban J connectivity index is 1.71. The molecule has 0 spiro atoms. The summed E-state index contributed by atoms with van der Waals surface area (Å²) < 4.78 is 4.47. The molecule has 1 N–H and O–H groups in total. The van der Waals surface area contributed by atoms with Gasteiger partial charge in [0.25, 0.3) is 6.29 Å². The standard InChI is InChI=1S/C26H40O5/c1-3-4-16-26(18-10-19-26)17-9-11-21-14-15-23(28)22(21)12-7-5-6-8-13-24(29)25(30)31-20(2)27/h5,7,9,11,21-22,25,30H,3-4,6,8,10,12-19H2,1-2H3/t21-,22+,25?/m0/s1. The van der Waals surface area contributed by atoms with Gasteiger partial charge in [0.2, 0.25) is 5.78 Å². The number of Topliss-reactive ketones (excluding diaryl/α,β-unsaturated/α-hetero) is 2. The van der Waals surface area contributed by atoms with Crippen LogP contribution in [0.25, 0.3) is 0 Å². The van der Waals surface area contributed by atoms with E-state index in [1.807, 2.05) is 6.08 Å². The highest BCUT2D eigenvalue weighted by atomic mass is 16.6. The third-order valence-corrected chi connectivity index (χ3v) is 6.97. The number of carbonyl (C=O) groups excluding carboxylic acids is 3. The summed E-state index contributed by atoms with van der Waals surface area (Å²) in [5.74, 6) is -0.366. The van der Waals surface area contributed by atoms with Crippen LogP contribution in [0.4, 0.5) is 0 Å². The van der Waals surface area contributed by atoms with Gasteiger partial charge in [-0.25, -0.2) is 0 Å². The second kappa shape index (κ2) is 12.9. The Labute approximate surface area is 187 Å². The summed E-state index contributed by atoms with van der Waals surface area (Å²) in [6.07, 6.45) is 20.0. The second-order valence-corrected chi connectivity index (χ2v) is 9.39. The third-order valence-electron chi connectivity index (χ3n) is 6.97. The first-order chi connectivity index (χ1) is 14.9. The Hall–Kier alpha value is -1.75. The predicted molar refractivity (Wildman–Crippen MR) is 121 cm³/mol. The highest BCUT2D eigenvalue weighted by Gasteiger charge is 2.35. The Kier molecular flexibility index (Phi) is 10.7. The highest BCUT2D eigenvalue weighted by molar-refractivity contribution is 5.84. The van der Waals surface area contributed by atoms with E-state index < -0.39 is 18.0 Å². The van der Waals surface area contributed by atoms with Crippen molar-refractivity contribution in [3.63, 3.8) is 0 Å². The predicted octanol–water partition coefficient (Wildman–Crippen LogP) is 5.46. The number of aliphatic hydroxyl groups excluding tert-OH is 1. The first-order valence-electron chi connectivity index (χ1n) is 12.1. The molecular weight excluding hydrogens is 392 g/mol. The fourth-order valence-electron chi connectivity index (χ4n) is 4.85. The first-order valence-corrected chi connectivity index (χ1v) is 12.1. The van der Waals surface area contributed by atoms with E-state index in [1.54, 1.807) is 0 Å². The van der Waals surface area contributed by atoms with Gasteiger partial charge < -0.3 is 9.84 Å². The Morgan fingerprint density at radius 2 is 2.00 bits per heavy atom. The summed E-state index contributed by atoms with van der Waals surface area (Å²) in [6, 6.07) is 0. The van der Waals surface area contributed by atoms with Gasteiger partial charge in [-0.2, -0.15) is 0 Å². The molecule has 0 radical (unpaired) electrons. The number of hydrogen-bond acceptors (Lipinski definition) is 5. The largest absolute Gasteiger partial charge is 0.428 e. The minimum absolute atomic E-state index is 0.0768. The van der Waals surface area contributed by atoms with E-state index in [1.165, 1.54) is 38.5 Å². The number of allylic oxidation sites excluding steroid dienone is 4. The van der Waals surface area contributed by atoms with Crippen molar-refractivity contribution in [1.82, 2.24) is 0 Å². The van der Waals surface area contributed by atoms with Crippen molar-refractivity contribution in [2.24, 2.45) is 17.3 Å². The summed E-state index contributed by atoms with van der Waals surface area (Å²) in [5.41, 5.74) is 0.533. The average Bonchev–Trinajstić information content (AvgIpc) is 3.04. The lowest BCUT2D eigenvalue weighted by atomic mass is 9.64. The molecule has 0 aliphatic heterocycles. The molecule has 0 amide bonds. The van der Waals surface area contributed by atoms with Crippen molar-refractivity contribution >= 4 is 17.5 Å². The lowest BCUT2D eigenvalue weighted by Gasteiger charge is -2.41. The van der Waals surface area contributed by atoms with Crippen LogP contribution < -0.4 is 0 Å². The molecular formula is C26H40O5. The zero-order valence-electron chi connectivity index (χ0n) is 19.3. The van der Waals surface area contributed by atoms with Crippen molar-refractivity contribution in [2.45, 2.75) is 104 Å². The Morgan fingerprint density at radius 3 is 2.65 bits per heavy atom. The van der Waals surface area contributed by atoms with Crippen LogP contribution in [0.5, 0.6) is 0 Å². The minimum Gasteiger partial charge on any atom is -0.428 e. The van der Waals surface area contributed by atoms with Gasteiger partial charge in [-0.1, -0.05) is 50.5 Å². The molecule has 2 aliphatic carbocycles. The molecule has 2 saturated carbocycles. The van der Waals surface area contributed by atoms with Crippen LogP contribution in [-0.4, -0.2) is 28.9 Å². The fraction of sp³-hybridized carbons (Fsp3) is 0.731.